The molecule has 0 saturated carbocycles. The van der Waals surface area contributed by atoms with Crippen molar-refractivity contribution in [3.8, 4) is 0 Å². The van der Waals surface area contributed by atoms with Crippen LogP contribution in [0.3, 0.4) is 0 Å². The fourth-order valence-corrected chi connectivity index (χ4v) is 1.64. The molecule has 0 unspecified atom stereocenters. The van der Waals surface area contributed by atoms with E-state index in [1.807, 2.05) is 18.5 Å². The van der Waals surface area contributed by atoms with Crippen molar-refractivity contribution >= 4 is 22.5 Å². The van der Waals surface area contributed by atoms with Crippen molar-refractivity contribution in [1.29, 1.82) is 0 Å². The van der Waals surface area contributed by atoms with Gasteiger partial charge in [-0.05, 0) is 29.8 Å². The van der Waals surface area contributed by atoms with Crippen molar-refractivity contribution in [2.75, 3.05) is 6.26 Å². The van der Waals surface area contributed by atoms with Crippen LogP contribution in [-0.4, -0.2) is 11.2 Å². The van der Waals surface area contributed by atoms with E-state index in [9.17, 15) is 0 Å². The van der Waals surface area contributed by atoms with Crippen LogP contribution in [0.2, 0.25) is 0 Å². The van der Waals surface area contributed by atoms with Gasteiger partial charge in [0.15, 0.2) is 0 Å². The molecule has 0 bridgehead atoms. The zero-order chi connectivity index (χ0) is 8.39. The summed E-state index contributed by atoms with van der Waals surface area (Å²) in [6.07, 6.45) is 5.80. The van der Waals surface area contributed by atoms with Crippen LogP contribution in [0.1, 0.15) is 0 Å². The number of fused-ring (bicyclic) bond motifs is 1. The molecule has 0 amide bonds. The van der Waals surface area contributed by atoms with Crippen molar-refractivity contribution in [2.24, 2.45) is 0 Å². The van der Waals surface area contributed by atoms with Crippen molar-refractivity contribution < 1.29 is 0 Å². The van der Waals surface area contributed by atoms with E-state index in [4.69, 9.17) is 0 Å². The maximum absolute atomic E-state index is 4.08. The zero-order valence-corrected chi connectivity index (χ0v) is 7.64. The van der Waals surface area contributed by atoms with Crippen LogP contribution >= 0.6 is 11.8 Å². The Hall–Kier alpha value is -1.02. The summed E-state index contributed by atoms with van der Waals surface area (Å²) in [4.78, 5) is 5.37. The van der Waals surface area contributed by atoms with Gasteiger partial charge in [-0.25, -0.2) is 0 Å². The van der Waals surface area contributed by atoms with E-state index < -0.39 is 0 Å². The smallest absolute Gasteiger partial charge is 0.0346 e. The van der Waals surface area contributed by atoms with Gasteiger partial charge in [-0.15, -0.1) is 11.8 Å². The quantitative estimate of drug-likeness (QED) is 0.618. The fraction of sp³-hybridized carbons (Fsp3) is 0.100. The normalized spacial score (nSPS) is 10.4. The summed E-state index contributed by atoms with van der Waals surface area (Å²) in [5, 5.41) is 2.46. The Balaban J connectivity index is 2.67. The molecule has 2 heteroatoms. The molecule has 12 heavy (non-hydrogen) atoms. The molecule has 1 heterocycles. The van der Waals surface area contributed by atoms with Crippen molar-refractivity contribution in [2.45, 2.75) is 4.90 Å². The summed E-state index contributed by atoms with van der Waals surface area (Å²) < 4.78 is 0. The van der Waals surface area contributed by atoms with Gasteiger partial charge in [0.2, 0.25) is 0 Å². The van der Waals surface area contributed by atoms with Crippen LogP contribution in [0.4, 0.5) is 0 Å². The Morgan fingerprint density at radius 3 is 2.92 bits per heavy atom. The third-order valence-electron chi connectivity index (χ3n) is 1.85. The van der Waals surface area contributed by atoms with E-state index >= 15 is 0 Å². The highest BCUT2D eigenvalue weighted by Crippen LogP contribution is 2.20. The Labute approximate surface area is 75.8 Å². The van der Waals surface area contributed by atoms with Gasteiger partial charge in [0, 0.05) is 22.7 Å². The molecule has 0 aliphatic rings. The van der Waals surface area contributed by atoms with Crippen molar-refractivity contribution in [3.05, 3.63) is 36.7 Å². The van der Waals surface area contributed by atoms with Gasteiger partial charge in [0.25, 0.3) is 0 Å². The third-order valence-corrected chi connectivity index (χ3v) is 2.57. The van der Waals surface area contributed by atoms with Gasteiger partial charge in [-0.1, -0.05) is 6.07 Å². The minimum absolute atomic E-state index is 1.21. The topological polar surface area (TPSA) is 12.9 Å². The van der Waals surface area contributed by atoms with E-state index in [0.29, 0.717) is 0 Å². The SMILES string of the molecule is CSc1ccc2ccncc2c1. The monoisotopic (exact) mass is 175 g/mol. The molecule has 2 rings (SSSR count). The number of hydrogen-bond acceptors (Lipinski definition) is 2. The number of benzene rings is 1. The van der Waals surface area contributed by atoms with E-state index in [2.05, 4.69) is 29.4 Å². The summed E-state index contributed by atoms with van der Waals surface area (Å²) in [5.41, 5.74) is 0. The minimum Gasteiger partial charge on any atom is -0.264 e. The van der Waals surface area contributed by atoms with Gasteiger partial charge in [-0.2, -0.15) is 0 Å². The number of thioether (sulfide) groups is 1. The average Bonchev–Trinajstić information content (AvgIpc) is 2.17. The standard InChI is InChI=1S/C10H9NS/c1-12-10-3-2-8-4-5-11-7-9(8)6-10/h2-7H,1H3. The number of aromatic nitrogens is 1. The van der Waals surface area contributed by atoms with Gasteiger partial charge >= 0.3 is 0 Å². The largest absolute Gasteiger partial charge is 0.264 e. The summed E-state index contributed by atoms with van der Waals surface area (Å²) >= 11 is 1.76. The molecule has 0 N–H and O–H groups in total. The first-order valence-corrected chi connectivity index (χ1v) is 5.00. The second-order valence-corrected chi connectivity index (χ2v) is 3.47. The Kier molecular flexibility index (Phi) is 2.00. The fourth-order valence-electron chi connectivity index (χ4n) is 1.19. The van der Waals surface area contributed by atoms with E-state index in [1.165, 1.54) is 15.7 Å². The Morgan fingerprint density at radius 2 is 2.08 bits per heavy atom. The molecule has 1 aromatic heterocycles. The Bertz CT molecular complexity index is 398. The lowest BCUT2D eigenvalue weighted by Gasteiger charge is -1.98. The van der Waals surface area contributed by atoms with Crippen LogP contribution in [0.5, 0.6) is 0 Å². The van der Waals surface area contributed by atoms with Crippen LogP contribution in [-0.2, 0) is 0 Å². The van der Waals surface area contributed by atoms with Crippen LogP contribution in [0, 0.1) is 0 Å². The second-order valence-electron chi connectivity index (χ2n) is 2.59. The number of nitrogens with zero attached hydrogens (tertiary/aromatic N) is 1. The molecule has 0 atom stereocenters. The highest BCUT2D eigenvalue weighted by molar-refractivity contribution is 7.98. The molecule has 0 aliphatic heterocycles. The van der Waals surface area contributed by atoms with E-state index in [0.717, 1.165) is 0 Å². The predicted octanol–water partition coefficient (Wildman–Crippen LogP) is 2.96. The lowest BCUT2D eigenvalue weighted by Crippen LogP contribution is -1.75. The molecular formula is C10H9NS. The van der Waals surface area contributed by atoms with Gasteiger partial charge in [-0.3, -0.25) is 4.98 Å². The molecule has 60 valence electrons. The van der Waals surface area contributed by atoms with Gasteiger partial charge in [0.1, 0.15) is 0 Å². The maximum Gasteiger partial charge on any atom is 0.0346 e. The van der Waals surface area contributed by atoms with Crippen LogP contribution < -0.4 is 0 Å². The minimum atomic E-state index is 1.21. The lowest BCUT2D eigenvalue weighted by molar-refractivity contribution is 1.35. The zero-order valence-electron chi connectivity index (χ0n) is 6.82. The number of hydrogen-bond donors (Lipinski definition) is 0. The predicted molar refractivity (Wildman–Crippen MR) is 53.5 cm³/mol. The first-order valence-electron chi connectivity index (χ1n) is 3.78. The number of rotatable bonds is 1. The van der Waals surface area contributed by atoms with E-state index in [1.54, 1.807) is 11.8 Å². The molecule has 0 radical (unpaired) electrons. The highest BCUT2D eigenvalue weighted by atomic mass is 32.2. The maximum atomic E-state index is 4.08. The summed E-state index contributed by atoms with van der Waals surface area (Å²) in [7, 11) is 0. The first kappa shape index (κ1) is 7.62. The average molecular weight is 175 g/mol. The summed E-state index contributed by atoms with van der Waals surface area (Å²) in [5.74, 6) is 0. The lowest BCUT2D eigenvalue weighted by atomic mass is 10.2. The molecule has 0 fully saturated rings. The molecule has 1 nitrogen and oxygen atoms in total. The summed E-state index contributed by atoms with van der Waals surface area (Å²) in [6, 6.07) is 8.45. The molecule has 0 saturated heterocycles. The molecule has 2 aromatic rings. The van der Waals surface area contributed by atoms with Gasteiger partial charge < -0.3 is 0 Å². The van der Waals surface area contributed by atoms with Crippen LogP contribution in [0.25, 0.3) is 10.8 Å². The first-order chi connectivity index (χ1) is 5.90. The van der Waals surface area contributed by atoms with Crippen molar-refractivity contribution in [3.63, 3.8) is 0 Å². The molecule has 0 spiro atoms. The van der Waals surface area contributed by atoms with Crippen molar-refractivity contribution in [1.82, 2.24) is 4.98 Å². The Morgan fingerprint density at radius 1 is 1.17 bits per heavy atom. The molecule has 0 aliphatic carbocycles. The number of pyridine rings is 1. The summed E-state index contributed by atoms with van der Waals surface area (Å²) in [6.45, 7) is 0. The van der Waals surface area contributed by atoms with E-state index in [-0.39, 0.29) is 0 Å². The second kappa shape index (κ2) is 3.15. The highest BCUT2D eigenvalue weighted by Gasteiger charge is 1.93. The third kappa shape index (κ3) is 1.30. The van der Waals surface area contributed by atoms with Crippen LogP contribution in [0.15, 0.2) is 41.6 Å². The molecular weight excluding hydrogens is 166 g/mol. The van der Waals surface area contributed by atoms with Gasteiger partial charge in [0.05, 0.1) is 0 Å². The molecule has 1 aromatic carbocycles.